The molecule has 0 spiro atoms. The lowest BCUT2D eigenvalue weighted by atomic mass is 10.2. The van der Waals surface area contributed by atoms with Gasteiger partial charge in [0.15, 0.2) is 17.3 Å². The number of nitrogens with one attached hydrogen (secondary N) is 2. The van der Waals surface area contributed by atoms with Crippen LogP contribution >= 0.6 is 15.9 Å². The van der Waals surface area contributed by atoms with Crippen molar-refractivity contribution in [2.45, 2.75) is 19.5 Å². The van der Waals surface area contributed by atoms with E-state index in [0.29, 0.717) is 25.6 Å². The summed E-state index contributed by atoms with van der Waals surface area (Å²) < 4.78 is 12.1. The van der Waals surface area contributed by atoms with Gasteiger partial charge in [-0.15, -0.1) is 10.2 Å². The van der Waals surface area contributed by atoms with E-state index in [9.17, 15) is 0 Å². The number of tetrazole rings is 1. The highest BCUT2D eigenvalue weighted by Crippen LogP contribution is 2.38. The summed E-state index contributed by atoms with van der Waals surface area (Å²) in [5.41, 5.74) is 1.09. The summed E-state index contributed by atoms with van der Waals surface area (Å²) in [4.78, 5) is 0. The summed E-state index contributed by atoms with van der Waals surface area (Å²) in [6, 6.07) is 4.01. The number of rotatable bonds is 4. The van der Waals surface area contributed by atoms with Crippen LogP contribution in [0.3, 0.4) is 0 Å². The normalized spacial score (nSPS) is 15.1. The second-order valence-corrected chi connectivity index (χ2v) is 5.33. The molecule has 0 saturated carbocycles. The Bertz CT molecular complexity index is 590. The summed E-state index contributed by atoms with van der Waals surface area (Å²) in [6.07, 6.45) is 0. The summed E-state index contributed by atoms with van der Waals surface area (Å²) in [7, 11) is 0. The molecule has 1 atom stereocenters. The Kier molecular flexibility index (Phi) is 3.83. The van der Waals surface area contributed by atoms with Crippen molar-refractivity contribution in [3.63, 3.8) is 0 Å². The van der Waals surface area contributed by atoms with Crippen LogP contribution in [-0.2, 0) is 6.54 Å². The second-order valence-electron chi connectivity index (χ2n) is 4.47. The van der Waals surface area contributed by atoms with E-state index in [1.54, 1.807) is 0 Å². The van der Waals surface area contributed by atoms with Gasteiger partial charge in [0.1, 0.15) is 13.2 Å². The number of nitrogens with zero attached hydrogens (tertiary/aromatic N) is 3. The molecule has 1 aliphatic rings. The van der Waals surface area contributed by atoms with E-state index in [1.165, 1.54) is 0 Å². The first-order valence-corrected chi connectivity index (χ1v) is 7.08. The molecule has 0 radical (unpaired) electrons. The van der Waals surface area contributed by atoms with Crippen molar-refractivity contribution in [2.75, 3.05) is 13.2 Å². The molecule has 106 valence electrons. The topological polar surface area (TPSA) is 85.0 Å². The molecule has 0 aliphatic carbocycles. The Morgan fingerprint density at radius 1 is 1.40 bits per heavy atom. The minimum atomic E-state index is 0.0146. The molecule has 1 aromatic heterocycles. The Balaban J connectivity index is 1.70. The highest BCUT2D eigenvalue weighted by Gasteiger charge is 2.17. The van der Waals surface area contributed by atoms with Crippen molar-refractivity contribution < 1.29 is 9.47 Å². The van der Waals surface area contributed by atoms with Crippen LogP contribution in [0.2, 0.25) is 0 Å². The van der Waals surface area contributed by atoms with E-state index in [4.69, 9.17) is 9.47 Å². The van der Waals surface area contributed by atoms with Gasteiger partial charge in [0, 0.05) is 6.54 Å². The van der Waals surface area contributed by atoms with Gasteiger partial charge in [0.25, 0.3) is 0 Å². The average molecular weight is 340 g/mol. The molecule has 0 fully saturated rings. The molecule has 1 unspecified atom stereocenters. The smallest absolute Gasteiger partial charge is 0.191 e. The lowest BCUT2D eigenvalue weighted by Crippen LogP contribution is -2.20. The van der Waals surface area contributed by atoms with Crippen LogP contribution in [0, 0.1) is 0 Å². The predicted molar refractivity (Wildman–Crippen MR) is 74.6 cm³/mol. The fraction of sp³-hybridized carbons (Fsp3) is 0.417. The van der Waals surface area contributed by atoms with Gasteiger partial charge >= 0.3 is 0 Å². The molecule has 0 amide bonds. The Morgan fingerprint density at radius 2 is 2.25 bits per heavy atom. The quantitative estimate of drug-likeness (QED) is 0.879. The van der Waals surface area contributed by atoms with Crippen molar-refractivity contribution in [3.8, 4) is 11.5 Å². The monoisotopic (exact) mass is 339 g/mol. The van der Waals surface area contributed by atoms with E-state index in [1.807, 2.05) is 19.1 Å². The van der Waals surface area contributed by atoms with Crippen LogP contribution in [0.15, 0.2) is 16.6 Å². The van der Waals surface area contributed by atoms with E-state index in [0.717, 1.165) is 21.5 Å². The molecule has 2 N–H and O–H groups in total. The number of hydrogen-bond donors (Lipinski definition) is 2. The molecule has 2 heterocycles. The molecule has 8 heteroatoms. The second kappa shape index (κ2) is 5.76. The van der Waals surface area contributed by atoms with Crippen LogP contribution in [-0.4, -0.2) is 33.8 Å². The van der Waals surface area contributed by atoms with Gasteiger partial charge in [-0.3, -0.25) is 0 Å². The molecule has 3 rings (SSSR count). The van der Waals surface area contributed by atoms with E-state index >= 15 is 0 Å². The molecule has 1 aliphatic heterocycles. The van der Waals surface area contributed by atoms with E-state index in [2.05, 4.69) is 41.9 Å². The summed E-state index contributed by atoms with van der Waals surface area (Å²) in [6.45, 7) is 3.82. The van der Waals surface area contributed by atoms with Crippen molar-refractivity contribution in [2.24, 2.45) is 0 Å². The Morgan fingerprint density at radius 3 is 3.05 bits per heavy atom. The summed E-state index contributed by atoms with van der Waals surface area (Å²) in [5.74, 6) is 2.18. The van der Waals surface area contributed by atoms with Crippen molar-refractivity contribution in [1.82, 2.24) is 25.9 Å². The number of benzene rings is 1. The average Bonchev–Trinajstić information content (AvgIpc) is 2.99. The zero-order valence-electron chi connectivity index (χ0n) is 10.9. The van der Waals surface area contributed by atoms with E-state index < -0.39 is 0 Å². The first kappa shape index (κ1) is 13.3. The molecule has 20 heavy (non-hydrogen) atoms. The minimum Gasteiger partial charge on any atom is -0.486 e. The molecule has 7 nitrogen and oxygen atoms in total. The SMILES string of the molecule is CC(NCc1cc(Br)c2c(c1)OCCO2)c1nn[nH]n1. The third-order valence-electron chi connectivity index (χ3n) is 3.02. The minimum absolute atomic E-state index is 0.0146. The number of H-pyrrole nitrogens is 1. The van der Waals surface area contributed by atoms with Gasteiger partial charge in [-0.25, -0.2) is 0 Å². The largest absolute Gasteiger partial charge is 0.486 e. The predicted octanol–water partition coefficient (Wildman–Crippen LogP) is 1.58. The number of fused-ring (bicyclic) bond motifs is 1. The Labute approximate surface area is 124 Å². The maximum atomic E-state index is 5.60. The lowest BCUT2D eigenvalue weighted by molar-refractivity contribution is 0.170. The highest BCUT2D eigenvalue weighted by molar-refractivity contribution is 9.10. The fourth-order valence-corrected chi connectivity index (χ4v) is 2.59. The van der Waals surface area contributed by atoms with Gasteiger partial charge in [-0.2, -0.15) is 5.21 Å². The number of hydrogen-bond acceptors (Lipinski definition) is 6. The zero-order chi connectivity index (χ0) is 13.9. The molecule has 1 aromatic carbocycles. The maximum absolute atomic E-state index is 5.60. The van der Waals surface area contributed by atoms with Gasteiger partial charge in [-0.05, 0) is 40.5 Å². The maximum Gasteiger partial charge on any atom is 0.191 e. The third-order valence-corrected chi connectivity index (χ3v) is 3.61. The highest BCUT2D eigenvalue weighted by atomic mass is 79.9. The molecule has 0 bridgehead atoms. The fourth-order valence-electron chi connectivity index (χ4n) is 1.98. The third kappa shape index (κ3) is 2.75. The number of aromatic amines is 1. The van der Waals surface area contributed by atoms with Crippen molar-refractivity contribution in [1.29, 1.82) is 0 Å². The molecular weight excluding hydrogens is 326 g/mol. The standard InChI is InChI=1S/C12H14BrN5O2/c1-7(12-15-17-18-16-12)14-6-8-4-9(13)11-10(5-8)19-2-3-20-11/h4-5,7,14H,2-3,6H2,1H3,(H,15,16,17,18). The summed E-state index contributed by atoms with van der Waals surface area (Å²) >= 11 is 3.51. The first-order chi connectivity index (χ1) is 9.74. The van der Waals surface area contributed by atoms with Crippen molar-refractivity contribution >= 4 is 15.9 Å². The lowest BCUT2D eigenvalue weighted by Gasteiger charge is -2.20. The van der Waals surface area contributed by atoms with Gasteiger partial charge in [-0.1, -0.05) is 5.21 Å². The Hall–Kier alpha value is -1.67. The van der Waals surface area contributed by atoms with Crippen LogP contribution in [0.1, 0.15) is 24.4 Å². The van der Waals surface area contributed by atoms with Crippen LogP contribution in [0.5, 0.6) is 11.5 Å². The zero-order valence-corrected chi connectivity index (χ0v) is 12.5. The van der Waals surface area contributed by atoms with Crippen LogP contribution in [0.25, 0.3) is 0 Å². The number of halogens is 1. The number of aromatic nitrogens is 4. The van der Waals surface area contributed by atoms with Gasteiger partial charge < -0.3 is 14.8 Å². The van der Waals surface area contributed by atoms with Gasteiger partial charge in [0.05, 0.1) is 10.5 Å². The van der Waals surface area contributed by atoms with E-state index in [-0.39, 0.29) is 6.04 Å². The first-order valence-electron chi connectivity index (χ1n) is 6.29. The van der Waals surface area contributed by atoms with Gasteiger partial charge in [0.2, 0.25) is 0 Å². The molecule has 2 aromatic rings. The number of ether oxygens (including phenoxy) is 2. The molecular formula is C12H14BrN5O2. The van der Waals surface area contributed by atoms with Crippen LogP contribution < -0.4 is 14.8 Å². The molecule has 0 saturated heterocycles. The van der Waals surface area contributed by atoms with Crippen LogP contribution in [0.4, 0.5) is 0 Å². The summed E-state index contributed by atoms with van der Waals surface area (Å²) in [5, 5.41) is 17.2. The van der Waals surface area contributed by atoms with Crippen molar-refractivity contribution in [3.05, 3.63) is 28.0 Å².